The molecular weight excluding hydrogens is 232 g/mol. The second kappa shape index (κ2) is 7.42. The van der Waals surface area contributed by atoms with Gasteiger partial charge in [0.05, 0.1) is 6.61 Å². The lowest BCUT2D eigenvalue weighted by molar-refractivity contribution is 0.309. The van der Waals surface area contributed by atoms with Gasteiger partial charge in [-0.25, -0.2) is 0 Å². The van der Waals surface area contributed by atoms with Gasteiger partial charge in [-0.1, -0.05) is 68.0 Å². The molecule has 0 aliphatic heterocycles. The van der Waals surface area contributed by atoms with E-state index in [2.05, 4.69) is 43.3 Å². The van der Waals surface area contributed by atoms with E-state index in [0.717, 1.165) is 25.2 Å². The molecule has 0 saturated carbocycles. The minimum atomic E-state index is 0.801. The van der Waals surface area contributed by atoms with Crippen molar-refractivity contribution in [3.8, 4) is 5.75 Å². The van der Waals surface area contributed by atoms with Crippen LogP contribution in [0, 0.1) is 0 Å². The Balaban J connectivity index is 1.93. The highest BCUT2D eigenvalue weighted by atomic mass is 16.5. The summed E-state index contributed by atoms with van der Waals surface area (Å²) >= 11 is 0. The van der Waals surface area contributed by atoms with Gasteiger partial charge in [0, 0.05) is 0 Å². The molecule has 0 spiro atoms. The van der Waals surface area contributed by atoms with Crippen LogP contribution in [-0.2, 0) is 0 Å². The molecule has 1 nitrogen and oxygen atoms in total. The number of unbranched alkanes of at least 4 members (excludes halogenated alkanes) is 1. The third-order valence-corrected chi connectivity index (χ3v) is 2.91. The Morgan fingerprint density at radius 2 is 1.47 bits per heavy atom. The first-order valence-corrected chi connectivity index (χ1v) is 6.84. The van der Waals surface area contributed by atoms with Gasteiger partial charge in [-0.15, -0.1) is 0 Å². The van der Waals surface area contributed by atoms with E-state index < -0.39 is 0 Å². The lowest BCUT2D eigenvalue weighted by Gasteiger charge is -2.05. The van der Waals surface area contributed by atoms with Gasteiger partial charge >= 0.3 is 0 Å². The third-order valence-electron chi connectivity index (χ3n) is 2.91. The maximum Gasteiger partial charge on any atom is 0.119 e. The fraction of sp³-hybridized carbons (Fsp3) is 0.222. The van der Waals surface area contributed by atoms with Crippen molar-refractivity contribution in [2.24, 2.45) is 0 Å². The summed E-state index contributed by atoms with van der Waals surface area (Å²) in [6.07, 6.45) is 6.51. The second-order valence-corrected chi connectivity index (χ2v) is 4.52. The molecule has 0 unspecified atom stereocenters. The summed E-state index contributed by atoms with van der Waals surface area (Å²) in [5, 5.41) is 0. The SMILES string of the molecule is CCCCOc1ccc(/C=C/c2ccccc2)cc1. The van der Waals surface area contributed by atoms with Crippen LogP contribution in [0.15, 0.2) is 54.6 Å². The van der Waals surface area contributed by atoms with Crippen molar-refractivity contribution in [1.29, 1.82) is 0 Å². The summed E-state index contributed by atoms with van der Waals surface area (Å²) in [5.41, 5.74) is 2.40. The Morgan fingerprint density at radius 3 is 2.11 bits per heavy atom. The van der Waals surface area contributed by atoms with Crippen LogP contribution in [0.3, 0.4) is 0 Å². The molecule has 0 amide bonds. The minimum Gasteiger partial charge on any atom is -0.494 e. The molecular formula is C18H20O. The molecule has 1 heteroatoms. The first kappa shape index (κ1) is 13.4. The summed E-state index contributed by atoms with van der Waals surface area (Å²) in [5.74, 6) is 0.949. The van der Waals surface area contributed by atoms with Crippen molar-refractivity contribution in [3.05, 3.63) is 65.7 Å². The highest BCUT2D eigenvalue weighted by Gasteiger charge is 1.93. The largest absolute Gasteiger partial charge is 0.494 e. The van der Waals surface area contributed by atoms with Crippen molar-refractivity contribution in [2.75, 3.05) is 6.61 Å². The molecule has 0 saturated heterocycles. The molecule has 2 aromatic carbocycles. The van der Waals surface area contributed by atoms with Gasteiger partial charge in [0.25, 0.3) is 0 Å². The standard InChI is InChI=1S/C18H20O/c1-2-3-15-19-18-13-11-17(12-14-18)10-9-16-7-5-4-6-8-16/h4-14H,2-3,15H2,1H3/b10-9+. The summed E-state index contributed by atoms with van der Waals surface area (Å²) in [6.45, 7) is 2.97. The second-order valence-electron chi connectivity index (χ2n) is 4.52. The van der Waals surface area contributed by atoms with Crippen molar-refractivity contribution in [3.63, 3.8) is 0 Å². The predicted octanol–water partition coefficient (Wildman–Crippen LogP) is 5.04. The molecule has 0 atom stereocenters. The first-order chi connectivity index (χ1) is 9.38. The third kappa shape index (κ3) is 4.63. The monoisotopic (exact) mass is 252 g/mol. The van der Waals surface area contributed by atoms with Gasteiger partial charge in [-0.3, -0.25) is 0 Å². The Bertz CT molecular complexity index is 497. The maximum atomic E-state index is 5.64. The Hall–Kier alpha value is -2.02. The molecule has 0 fully saturated rings. The molecule has 2 rings (SSSR count). The molecule has 0 aromatic heterocycles. The van der Waals surface area contributed by atoms with Crippen molar-refractivity contribution in [2.45, 2.75) is 19.8 Å². The zero-order chi connectivity index (χ0) is 13.3. The lowest BCUT2D eigenvalue weighted by atomic mass is 10.1. The first-order valence-electron chi connectivity index (χ1n) is 6.84. The fourth-order valence-corrected chi connectivity index (χ4v) is 1.77. The predicted molar refractivity (Wildman–Crippen MR) is 82.2 cm³/mol. The number of ether oxygens (including phenoxy) is 1. The Labute approximate surface area is 115 Å². The maximum absolute atomic E-state index is 5.64. The van der Waals surface area contributed by atoms with E-state index in [-0.39, 0.29) is 0 Å². The molecule has 0 aliphatic carbocycles. The van der Waals surface area contributed by atoms with Gasteiger partial charge in [0.1, 0.15) is 5.75 Å². The molecule has 0 N–H and O–H groups in total. The highest BCUT2D eigenvalue weighted by molar-refractivity contribution is 5.69. The van der Waals surface area contributed by atoms with Gasteiger partial charge in [-0.2, -0.15) is 0 Å². The average molecular weight is 252 g/mol. The van der Waals surface area contributed by atoms with E-state index in [0.29, 0.717) is 0 Å². The van der Waals surface area contributed by atoms with E-state index in [1.807, 2.05) is 30.3 Å². The molecule has 98 valence electrons. The van der Waals surface area contributed by atoms with E-state index in [4.69, 9.17) is 4.74 Å². The summed E-state index contributed by atoms with van der Waals surface area (Å²) in [7, 11) is 0. The molecule has 0 heterocycles. The van der Waals surface area contributed by atoms with Crippen LogP contribution in [0.1, 0.15) is 30.9 Å². The fourth-order valence-electron chi connectivity index (χ4n) is 1.77. The molecule has 19 heavy (non-hydrogen) atoms. The summed E-state index contributed by atoms with van der Waals surface area (Å²) in [6, 6.07) is 18.5. The number of rotatable bonds is 6. The van der Waals surface area contributed by atoms with Crippen LogP contribution in [0.25, 0.3) is 12.2 Å². The van der Waals surface area contributed by atoms with Crippen LogP contribution in [0.2, 0.25) is 0 Å². The van der Waals surface area contributed by atoms with Crippen LogP contribution >= 0.6 is 0 Å². The zero-order valence-corrected chi connectivity index (χ0v) is 11.4. The highest BCUT2D eigenvalue weighted by Crippen LogP contribution is 2.15. The van der Waals surface area contributed by atoms with Crippen LogP contribution in [0.5, 0.6) is 5.75 Å². The normalized spacial score (nSPS) is 10.8. The van der Waals surface area contributed by atoms with Crippen molar-refractivity contribution in [1.82, 2.24) is 0 Å². The van der Waals surface area contributed by atoms with Gasteiger partial charge in [-0.05, 0) is 29.7 Å². The zero-order valence-electron chi connectivity index (χ0n) is 11.4. The van der Waals surface area contributed by atoms with Gasteiger partial charge in [0.15, 0.2) is 0 Å². The summed E-state index contributed by atoms with van der Waals surface area (Å²) < 4.78 is 5.64. The van der Waals surface area contributed by atoms with E-state index >= 15 is 0 Å². The molecule has 0 radical (unpaired) electrons. The minimum absolute atomic E-state index is 0.801. The van der Waals surface area contributed by atoms with E-state index in [1.54, 1.807) is 0 Å². The lowest BCUT2D eigenvalue weighted by Crippen LogP contribution is -1.95. The topological polar surface area (TPSA) is 9.23 Å². The molecule has 2 aromatic rings. The van der Waals surface area contributed by atoms with Gasteiger partial charge in [0.2, 0.25) is 0 Å². The Kier molecular flexibility index (Phi) is 5.24. The number of hydrogen-bond donors (Lipinski definition) is 0. The quantitative estimate of drug-likeness (QED) is 0.517. The summed E-state index contributed by atoms with van der Waals surface area (Å²) in [4.78, 5) is 0. The van der Waals surface area contributed by atoms with E-state index in [1.165, 1.54) is 11.1 Å². The molecule has 0 bridgehead atoms. The number of benzene rings is 2. The average Bonchev–Trinajstić information content (AvgIpc) is 2.48. The van der Waals surface area contributed by atoms with E-state index in [9.17, 15) is 0 Å². The number of hydrogen-bond acceptors (Lipinski definition) is 1. The van der Waals surface area contributed by atoms with Crippen molar-refractivity contribution >= 4 is 12.2 Å². The smallest absolute Gasteiger partial charge is 0.119 e. The molecule has 0 aliphatic rings. The van der Waals surface area contributed by atoms with Gasteiger partial charge < -0.3 is 4.74 Å². The Morgan fingerprint density at radius 1 is 0.842 bits per heavy atom. The van der Waals surface area contributed by atoms with Crippen LogP contribution in [-0.4, -0.2) is 6.61 Å². The van der Waals surface area contributed by atoms with Crippen LogP contribution < -0.4 is 4.74 Å². The van der Waals surface area contributed by atoms with Crippen LogP contribution in [0.4, 0.5) is 0 Å². The van der Waals surface area contributed by atoms with Crippen molar-refractivity contribution < 1.29 is 4.74 Å².